The fraction of sp³-hybridized carbons (Fsp3) is 0.667. The molecule has 0 amide bonds. The molecule has 4 atom stereocenters. The molecule has 0 bridgehead atoms. The molecule has 2 aliphatic rings. The van der Waals surface area contributed by atoms with Gasteiger partial charge in [-0.05, 0) is 31.3 Å². The number of carboxylic acids is 1. The molecule has 0 heterocycles. The molecule has 0 aromatic carbocycles. The van der Waals surface area contributed by atoms with Gasteiger partial charge >= 0.3 is 11.9 Å². The Morgan fingerprint density at radius 1 is 1.08 bits per heavy atom. The molecule has 2 aliphatic carbocycles. The molecule has 4 unspecified atom stereocenters. The molecule has 0 radical (unpaired) electrons. The summed E-state index contributed by atoms with van der Waals surface area (Å²) in [4.78, 5) is 24.6. The number of carbonyl (C=O) groups excluding carboxylic acids is 1. The molecular weight excluding hydrogens is 351 g/mol. The number of halogens is 2. The predicted molar refractivity (Wildman–Crippen MR) is 93.7 cm³/mol. The van der Waals surface area contributed by atoms with Crippen LogP contribution >= 0.6 is 23.2 Å². The summed E-state index contributed by atoms with van der Waals surface area (Å²) in [6.45, 7) is 11.2. The van der Waals surface area contributed by atoms with Gasteiger partial charge in [0.2, 0.25) is 5.60 Å². The topological polar surface area (TPSA) is 63.6 Å². The van der Waals surface area contributed by atoms with Crippen LogP contribution in [0.3, 0.4) is 0 Å². The average Bonchev–Trinajstić information content (AvgIpc) is 3.09. The Bertz CT molecular complexity index is 639. The molecule has 0 aromatic rings. The Morgan fingerprint density at radius 3 is 2.04 bits per heavy atom. The monoisotopic (exact) mass is 374 g/mol. The van der Waals surface area contributed by atoms with Crippen LogP contribution in [0.1, 0.15) is 41.5 Å². The van der Waals surface area contributed by atoms with E-state index < -0.39 is 28.9 Å². The number of carboxylic acid groups (broad SMARTS) is 1. The predicted octanol–water partition coefficient (Wildman–Crippen LogP) is 4.57. The molecule has 0 spiro atoms. The Balaban J connectivity index is 2.26. The quantitative estimate of drug-likeness (QED) is 0.565. The van der Waals surface area contributed by atoms with Crippen LogP contribution in [0.25, 0.3) is 0 Å². The second-order valence-corrected chi connectivity index (χ2v) is 9.19. The molecule has 134 valence electrons. The molecule has 4 nitrogen and oxygen atoms in total. The van der Waals surface area contributed by atoms with E-state index in [-0.39, 0.29) is 21.7 Å². The molecule has 0 aromatic heterocycles. The molecule has 2 saturated carbocycles. The fourth-order valence-corrected chi connectivity index (χ4v) is 4.14. The Hall–Kier alpha value is -1.00. The van der Waals surface area contributed by atoms with Crippen molar-refractivity contribution >= 4 is 35.1 Å². The number of hydrogen-bond donors (Lipinski definition) is 1. The van der Waals surface area contributed by atoms with Gasteiger partial charge in [0.15, 0.2) is 0 Å². The first-order valence-electron chi connectivity index (χ1n) is 7.94. The summed E-state index contributed by atoms with van der Waals surface area (Å²) in [5.74, 6) is -2.54. The maximum absolute atomic E-state index is 12.7. The van der Waals surface area contributed by atoms with Gasteiger partial charge in [-0.3, -0.25) is 4.79 Å². The van der Waals surface area contributed by atoms with Crippen LogP contribution in [-0.2, 0) is 14.3 Å². The minimum absolute atomic E-state index is 0.102. The lowest BCUT2D eigenvalue weighted by Crippen LogP contribution is -2.36. The van der Waals surface area contributed by atoms with E-state index in [1.54, 1.807) is 6.08 Å². The highest BCUT2D eigenvalue weighted by molar-refractivity contribution is 6.55. The third-order valence-electron chi connectivity index (χ3n) is 5.64. The summed E-state index contributed by atoms with van der Waals surface area (Å²) in [6.07, 6.45) is 3.49. The van der Waals surface area contributed by atoms with Crippen LogP contribution in [0, 0.1) is 28.6 Å². The lowest BCUT2D eigenvalue weighted by molar-refractivity contribution is -0.172. The number of allylic oxidation sites excluding steroid dienone is 2. The zero-order valence-electron chi connectivity index (χ0n) is 14.8. The maximum atomic E-state index is 12.7. The Labute approximate surface area is 152 Å². The molecule has 6 heteroatoms. The maximum Gasteiger partial charge on any atom is 0.349 e. The van der Waals surface area contributed by atoms with Crippen LogP contribution in [0.5, 0.6) is 0 Å². The van der Waals surface area contributed by atoms with Gasteiger partial charge in [0.05, 0.1) is 5.92 Å². The van der Waals surface area contributed by atoms with E-state index in [2.05, 4.69) is 0 Å². The van der Waals surface area contributed by atoms with E-state index in [9.17, 15) is 14.7 Å². The third-order valence-corrected chi connectivity index (χ3v) is 5.89. The van der Waals surface area contributed by atoms with Crippen molar-refractivity contribution in [2.45, 2.75) is 47.1 Å². The van der Waals surface area contributed by atoms with Gasteiger partial charge in [0.25, 0.3) is 0 Å². The summed E-state index contributed by atoms with van der Waals surface area (Å²) in [5, 5.41) is 9.75. The number of aliphatic carboxylic acids is 1. The SMILES string of the molecule is CC(C)=CC1C(C)(C)C1(OC(=O)C1C(C=C(Cl)Cl)C1(C)C)C(=O)O. The van der Waals surface area contributed by atoms with Crippen LogP contribution in [0.15, 0.2) is 22.2 Å². The van der Waals surface area contributed by atoms with Crippen molar-refractivity contribution in [1.29, 1.82) is 0 Å². The van der Waals surface area contributed by atoms with Gasteiger partial charge < -0.3 is 9.84 Å². The van der Waals surface area contributed by atoms with Gasteiger partial charge in [-0.25, -0.2) is 4.79 Å². The highest BCUT2D eigenvalue weighted by atomic mass is 35.5. The summed E-state index contributed by atoms with van der Waals surface area (Å²) < 4.78 is 5.71. The van der Waals surface area contributed by atoms with Crippen molar-refractivity contribution in [1.82, 2.24) is 0 Å². The summed E-state index contributed by atoms with van der Waals surface area (Å²) in [5.41, 5.74) is -1.52. The molecular formula is C18H24Cl2O4. The normalized spacial score (nSPS) is 34.8. The highest BCUT2D eigenvalue weighted by Gasteiger charge is 2.79. The molecule has 0 aliphatic heterocycles. The van der Waals surface area contributed by atoms with Gasteiger partial charge in [0.1, 0.15) is 4.49 Å². The zero-order valence-corrected chi connectivity index (χ0v) is 16.3. The van der Waals surface area contributed by atoms with E-state index in [1.165, 1.54) is 0 Å². The van der Waals surface area contributed by atoms with Crippen LogP contribution in [0.4, 0.5) is 0 Å². The van der Waals surface area contributed by atoms with E-state index in [4.69, 9.17) is 27.9 Å². The second-order valence-electron chi connectivity index (χ2n) is 8.19. The van der Waals surface area contributed by atoms with Crippen molar-refractivity contribution in [3.8, 4) is 0 Å². The first kappa shape index (κ1) is 19.3. The molecule has 1 N–H and O–H groups in total. The Kier molecular flexibility index (Phi) is 4.65. The minimum Gasteiger partial charge on any atom is -0.478 e. The average molecular weight is 375 g/mol. The van der Waals surface area contributed by atoms with Crippen molar-refractivity contribution in [2.75, 3.05) is 0 Å². The molecule has 2 fully saturated rings. The third kappa shape index (κ3) is 2.78. The van der Waals surface area contributed by atoms with E-state index >= 15 is 0 Å². The lowest BCUT2D eigenvalue weighted by Gasteiger charge is -2.17. The van der Waals surface area contributed by atoms with Gasteiger partial charge in [-0.2, -0.15) is 0 Å². The molecule has 2 rings (SSSR count). The first-order valence-corrected chi connectivity index (χ1v) is 8.69. The molecule has 24 heavy (non-hydrogen) atoms. The second kappa shape index (κ2) is 5.77. The van der Waals surface area contributed by atoms with Crippen molar-refractivity contribution in [3.63, 3.8) is 0 Å². The minimum atomic E-state index is -1.51. The standard InChI is InChI=1S/C18H24Cl2O4/c1-9(2)7-11-17(5,6)18(11,15(22)23)24-14(21)13-10(8-12(19)20)16(13,3)4/h7-8,10-11,13H,1-6H3,(H,22,23). The number of rotatable bonds is 5. The smallest absolute Gasteiger partial charge is 0.349 e. The lowest BCUT2D eigenvalue weighted by atomic mass is 10.1. The summed E-state index contributed by atoms with van der Waals surface area (Å²) in [6, 6.07) is 0. The fourth-order valence-electron chi connectivity index (χ4n) is 3.87. The van der Waals surface area contributed by atoms with Crippen molar-refractivity contribution in [3.05, 3.63) is 22.2 Å². The van der Waals surface area contributed by atoms with Crippen molar-refractivity contribution in [2.24, 2.45) is 28.6 Å². The number of hydrogen-bond acceptors (Lipinski definition) is 3. The van der Waals surface area contributed by atoms with E-state index in [0.29, 0.717) is 0 Å². The number of ether oxygens (including phenoxy) is 1. The zero-order chi connectivity index (χ0) is 18.7. The number of carbonyl (C=O) groups is 2. The molecule has 0 saturated heterocycles. The Morgan fingerprint density at radius 2 is 1.62 bits per heavy atom. The summed E-state index contributed by atoms with van der Waals surface area (Å²) >= 11 is 11.4. The first-order chi connectivity index (χ1) is 10.8. The van der Waals surface area contributed by atoms with Crippen LogP contribution in [0.2, 0.25) is 0 Å². The van der Waals surface area contributed by atoms with Crippen molar-refractivity contribution < 1.29 is 19.4 Å². The number of esters is 1. The van der Waals surface area contributed by atoms with E-state index in [0.717, 1.165) is 5.57 Å². The van der Waals surface area contributed by atoms with Gasteiger partial charge in [-0.1, -0.05) is 62.5 Å². The summed E-state index contributed by atoms with van der Waals surface area (Å²) in [7, 11) is 0. The van der Waals surface area contributed by atoms with Crippen LogP contribution < -0.4 is 0 Å². The van der Waals surface area contributed by atoms with Crippen LogP contribution in [-0.4, -0.2) is 22.6 Å². The van der Waals surface area contributed by atoms with E-state index in [1.807, 2.05) is 47.6 Å². The largest absolute Gasteiger partial charge is 0.478 e. The van der Waals surface area contributed by atoms with Gasteiger partial charge in [0, 0.05) is 11.3 Å². The van der Waals surface area contributed by atoms with Gasteiger partial charge in [-0.15, -0.1) is 0 Å². The highest BCUT2D eigenvalue weighted by Crippen LogP contribution is 2.67.